The van der Waals surface area contributed by atoms with Crippen molar-refractivity contribution >= 4 is 60.2 Å². The van der Waals surface area contributed by atoms with Crippen LogP contribution in [0.2, 0.25) is 0 Å². The Kier molecular flexibility index (Phi) is 12.2. The number of piperidine rings is 1. The maximum Gasteiger partial charge on any atom is 0.227 e. The predicted octanol–water partition coefficient (Wildman–Crippen LogP) is 6.45. The molecule has 3 fully saturated rings. The zero-order valence-corrected chi connectivity index (χ0v) is 25.6. The molecule has 3 heterocycles. The van der Waals surface area contributed by atoms with E-state index in [1.807, 2.05) is 6.33 Å². The van der Waals surface area contributed by atoms with Crippen LogP contribution in [0.3, 0.4) is 0 Å². The molecule has 13 heteroatoms. The monoisotopic (exact) mass is 632 g/mol. The Morgan fingerprint density at radius 2 is 1.59 bits per heavy atom. The minimum absolute atomic E-state index is 0. The van der Waals surface area contributed by atoms with Crippen LogP contribution in [0, 0.1) is 17.6 Å². The predicted molar refractivity (Wildman–Crippen MR) is 166 cm³/mol. The van der Waals surface area contributed by atoms with Gasteiger partial charge in [0.1, 0.15) is 0 Å². The normalized spacial score (nSPS) is 22.0. The van der Waals surface area contributed by atoms with Gasteiger partial charge in [-0.2, -0.15) is 9.97 Å². The lowest BCUT2D eigenvalue weighted by Gasteiger charge is -2.32. The Bertz CT molecular complexity index is 1260. The van der Waals surface area contributed by atoms with Crippen molar-refractivity contribution in [2.75, 3.05) is 23.8 Å². The smallest absolute Gasteiger partial charge is 0.227 e. The first-order chi connectivity index (χ1) is 18.5. The van der Waals surface area contributed by atoms with Gasteiger partial charge in [0, 0.05) is 31.2 Å². The Morgan fingerprint density at radius 3 is 2.27 bits per heavy atom. The highest BCUT2D eigenvalue weighted by Gasteiger charge is 2.26. The number of nitrogens with one attached hydrogen (secondary N) is 2. The van der Waals surface area contributed by atoms with E-state index in [2.05, 4.69) is 20.3 Å². The van der Waals surface area contributed by atoms with Crippen molar-refractivity contribution in [3.05, 3.63) is 41.7 Å². The maximum atomic E-state index is 13.6. The lowest BCUT2D eigenvalue weighted by Crippen LogP contribution is -2.39. The zero-order chi connectivity index (χ0) is 26.1. The molecule has 1 aromatic carbocycles. The second kappa shape index (κ2) is 15.0. The third-order valence-corrected chi connectivity index (χ3v) is 8.63. The van der Waals surface area contributed by atoms with E-state index in [0.29, 0.717) is 30.0 Å². The first kappa shape index (κ1) is 33.5. The van der Waals surface area contributed by atoms with Gasteiger partial charge in [-0.25, -0.2) is 18.8 Å². The minimum atomic E-state index is -0.791. The lowest BCUT2D eigenvalue weighted by atomic mass is 9.90. The Balaban J connectivity index is 0.00000154. The van der Waals surface area contributed by atoms with Crippen molar-refractivity contribution < 1.29 is 8.78 Å². The van der Waals surface area contributed by atoms with Crippen LogP contribution in [-0.2, 0) is 6.42 Å². The van der Waals surface area contributed by atoms with Gasteiger partial charge in [-0.3, -0.25) is 0 Å². The molecule has 0 radical (unpaired) electrons. The van der Waals surface area contributed by atoms with Gasteiger partial charge < -0.3 is 21.0 Å². The second-order valence-corrected chi connectivity index (χ2v) is 11.4. The van der Waals surface area contributed by atoms with Gasteiger partial charge in [0.15, 0.2) is 28.6 Å². The summed E-state index contributed by atoms with van der Waals surface area (Å²) in [5.41, 5.74) is 12.2. The fraction of sp³-hybridized carbons (Fsp3) is 0.607. The van der Waals surface area contributed by atoms with Gasteiger partial charge >= 0.3 is 0 Å². The van der Waals surface area contributed by atoms with Crippen LogP contribution in [0.1, 0.15) is 75.8 Å². The molecule has 0 amide bonds. The maximum absolute atomic E-state index is 13.6. The lowest BCUT2D eigenvalue weighted by molar-refractivity contribution is 0.216. The van der Waals surface area contributed by atoms with Gasteiger partial charge in [-0.1, -0.05) is 18.9 Å². The van der Waals surface area contributed by atoms with Gasteiger partial charge in [0.25, 0.3) is 0 Å². The van der Waals surface area contributed by atoms with Crippen LogP contribution in [0.15, 0.2) is 24.5 Å². The molecule has 8 nitrogen and oxygen atoms in total. The van der Waals surface area contributed by atoms with Crippen molar-refractivity contribution in [1.29, 1.82) is 0 Å². The van der Waals surface area contributed by atoms with E-state index in [0.717, 1.165) is 93.4 Å². The standard InChI is InChI=1S/C28H38F2N8.3ClH/c29-23-10-5-19(16-24(23)30)15-18-11-13-37(14-12-18)36-26-25-27(38(17-32-25)22-3-1-2-4-22)35-28(34-26)33-21-8-6-20(31)7-9-21;;;/h5,10,16-18,20-22H,1-4,6-9,11-15,31H2,(H2,33,34,35,36);3*1H. The number of hydrogen-bond donors (Lipinski definition) is 3. The number of anilines is 2. The SMILES string of the molecule is Cl.Cl.Cl.NC1CCC(Nc2nc(NN3CCC(Cc4ccc(F)c(F)c4)CC3)c3ncn(C4CCCC4)c3n2)CC1. The summed E-state index contributed by atoms with van der Waals surface area (Å²) < 4.78 is 29.2. The summed E-state index contributed by atoms with van der Waals surface area (Å²) in [6.07, 6.45) is 13.5. The average Bonchev–Trinajstić information content (AvgIpc) is 3.59. The summed E-state index contributed by atoms with van der Waals surface area (Å²) in [7, 11) is 0. The molecule has 228 valence electrons. The molecule has 2 aliphatic carbocycles. The molecule has 41 heavy (non-hydrogen) atoms. The fourth-order valence-electron chi connectivity index (χ4n) is 6.35. The number of nitrogens with zero attached hydrogens (tertiary/aromatic N) is 5. The zero-order valence-electron chi connectivity index (χ0n) is 23.1. The van der Waals surface area contributed by atoms with Gasteiger partial charge in [0.2, 0.25) is 5.95 Å². The van der Waals surface area contributed by atoms with Gasteiger partial charge in [-0.15, -0.1) is 37.2 Å². The number of fused-ring (bicyclic) bond motifs is 1. The molecule has 4 N–H and O–H groups in total. The summed E-state index contributed by atoms with van der Waals surface area (Å²) >= 11 is 0. The Morgan fingerprint density at radius 1 is 0.878 bits per heavy atom. The minimum Gasteiger partial charge on any atom is -0.351 e. The molecule has 1 saturated heterocycles. The molecule has 2 saturated carbocycles. The molecule has 6 rings (SSSR count). The molecule has 0 bridgehead atoms. The highest BCUT2D eigenvalue weighted by molar-refractivity contribution is 5.86. The second-order valence-electron chi connectivity index (χ2n) is 11.4. The first-order valence-corrected chi connectivity index (χ1v) is 14.2. The van der Waals surface area contributed by atoms with Crippen LogP contribution in [0.5, 0.6) is 0 Å². The van der Waals surface area contributed by atoms with Crippen LogP contribution < -0.4 is 16.5 Å². The summed E-state index contributed by atoms with van der Waals surface area (Å²) in [6.45, 7) is 1.68. The molecule has 0 unspecified atom stereocenters. The Labute approximate surface area is 258 Å². The summed E-state index contributed by atoms with van der Waals surface area (Å²) in [4.78, 5) is 14.6. The molecule has 0 atom stereocenters. The summed E-state index contributed by atoms with van der Waals surface area (Å²) in [5, 5.41) is 5.78. The molecule has 1 aliphatic heterocycles. The fourth-order valence-corrected chi connectivity index (χ4v) is 6.35. The number of benzene rings is 1. The van der Waals surface area contributed by atoms with Gasteiger partial charge in [0.05, 0.1) is 6.33 Å². The largest absolute Gasteiger partial charge is 0.351 e. The van der Waals surface area contributed by atoms with Crippen LogP contribution in [0.4, 0.5) is 20.5 Å². The molecule has 3 aromatic rings. The number of nitrogens with two attached hydrogens (primary N) is 1. The highest BCUT2D eigenvalue weighted by Crippen LogP contribution is 2.34. The first-order valence-electron chi connectivity index (χ1n) is 14.2. The highest BCUT2D eigenvalue weighted by atomic mass is 35.5. The molecular formula is C28H41Cl3F2N8. The average molecular weight is 634 g/mol. The van der Waals surface area contributed by atoms with Crippen molar-refractivity contribution in [3.63, 3.8) is 0 Å². The van der Waals surface area contributed by atoms with E-state index in [-0.39, 0.29) is 37.2 Å². The van der Waals surface area contributed by atoms with E-state index in [4.69, 9.17) is 20.7 Å². The van der Waals surface area contributed by atoms with Crippen LogP contribution >= 0.6 is 37.2 Å². The molecule has 3 aliphatic rings. The van der Waals surface area contributed by atoms with Crippen LogP contribution in [0.25, 0.3) is 11.2 Å². The van der Waals surface area contributed by atoms with E-state index in [1.54, 1.807) is 6.07 Å². The third-order valence-electron chi connectivity index (χ3n) is 8.63. The third kappa shape index (κ3) is 7.90. The van der Waals surface area contributed by atoms with E-state index in [9.17, 15) is 8.78 Å². The Hall–Kier alpha value is -1.98. The topological polar surface area (TPSA) is 96.9 Å². The number of halogens is 5. The van der Waals surface area contributed by atoms with Crippen molar-refractivity contribution in [2.24, 2.45) is 11.7 Å². The molecule has 2 aromatic heterocycles. The number of imidazole rings is 1. The number of rotatable bonds is 7. The van der Waals surface area contributed by atoms with Crippen molar-refractivity contribution in [3.8, 4) is 0 Å². The summed E-state index contributed by atoms with van der Waals surface area (Å²) in [5.74, 6) is 0.251. The quantitative estimate of drug-likeness (QED) is 0.275. The number of aromatic nitrogens is 4. The molecule has 0 spiro atoms. The summed E-state index contributed by atoms with van der Waals surface area (Å²) in [6, 6.07) is 5.30. The van der Waals surface area contributed by atoms with Gasteiger partial charge in [-0.05, 0) is 81.4 Å². The van der Waals surface area contributed by atoms with E-state index in [1.165, 1.54) is 25.0 Å². The number of hydrogen-bond acceptors (Lipinski definition) is 7. The molecular weight excluding hydrogens is 593 g/mol. The number of hydrazine groups is 1. The van der Waals surface area contributed by atoms with Crippen molar-refractivity contribution in [1.82, 2.24) is 24.5 Å². The van der Waals surface area contributed by atoms with E-state index < -0.39 is 11.6 Å². The van der Waals surface area contributed by atoms with E-state index >= 15 is 0 Å². The van der Waals surface area contributed by atoms with Crippen LogP contribution in [-0.4, -0.2) is 49.7 Å². The van der Waals surface area contributed by atoms with Crippen molar-refractivity contribution in [2.45, 2.75) is 88.8 Å².